The van der Waals surface area contributed by atoms with Crippen LogP contribution in [0.1, 0.15) is 30.5 Å². The van der Waals surface area contributed by atoms with Gasteiger partial charge in [0.15, 0.2) is 10.8 Å². The molecule has 1 amide bonds. The summed E-state index contributed by atoms with van der Waals surface area (Å²) >= 11 is 1.38. The molecule has 0 saturated carbocycles. The van der Waals surface area contributed by atoms with E-state index < -0.39 is 0 Å². The first-order valence-electron chi connectivity index (χ1n) is 10.4. The molecule has 0 radical (unpaired) electrons. The maximum Gasteiger partial charge on any atom is 0.234 e. The van der Waals surface area contributed by atoms with Crippen LogP contribution in [0.25, 0.3) is 16.6 Å². The number of carbonyl (C=O) groups is 1. The zero-order valence-electron chi connectivity index (χ0n) is 18.2. The highest BCUT2D eigenvalue weighted by Gasteiger charge is 2.15. The minimum Gasteiger partial charge on any atom is -0.497 e. The van der Waals surface area contributed by atoms with E-state index in [2.05, 4.69) is 48.4 Å². The number of rotatable bonds is 7. The summed E-state index contributed by atoms with van der Waals surface area (Å²) in [5.74, 6) is 0.970. The topological polar surface area (TPSA) is 68.5 Å². The Hall–Kier alpha value is -3.06. The van der Waals surface area contributed by atoms with Crippen molar-refractivity contribution in [1.82, 2.24) is 14.6 Å². The summed E-state index contributed by atoms with van der Waals surface area (Å²) in [7, 11) is 1.65. The number of methoxy groups -OCH3 is 1. The number of nitrogens with zero attached hydrogens (tertiary/aromatic N) is 3. The van der Waals surface area contributed by atoms with Crippen molar-refractivity contribution in [3.05, 3.63) is 59.2 Å². The molecular formula is C24H26N4O2S. The van der Waals surface area contributed by atoms with E-state index in [4.69, 9.17) is 4.74 Å². The fraction of sp³-hybridized carbons (Fsp3) is 0.292. The fourth-order valence-corrected chi connectivity index (χ4v) is 4.58. The Kier molecular flexibility index (Phi) is 6.13. The summed E-state index contributed by atoms with van der Waals surface area (Å²) in [6, 6.07) is 14.2. The van der Waals surface area contributed by atoms with Gasteiger partial charge in [-0.15, -0.1) is 10.2 Å². The van der Waals surface area contributed by atoms with Crippen molar-refractivity contribution < 1.29 is 9.53 Å². The average Bonchev–Trinajstić information content (AvgIpc) is 3.20. The predicted molar refractivity (Wildman–Crippen MR) is 126 cm³/mol. The highest BCUT2D eigenvalue weighted by molar-refractivity contribution is 7.99. The zero-order valence-corrected chi connectivity index (χ0v) is 19.0. The monoisotopic (exact) mass is 434 g/mol. The number of carbonyl (C=O) groups excluding carboxylic acids is 1. The van der Waals surface area contributed by atoms with Gasteiger partial charge in [-0.3, -0.25) is 9.20 Å². The summed E-state index contributed by atoms with van der Waals surface area (Å²) in [6.07, 6.45) is 1.75. The molecule has 6 nitrogen and oxygen atoms in total. The van der Waals surface area contributed by atoms with Crippen molar-refractivity contribution in [1.29, 1.82) is 0 Å². The molecule has 0 aliphatic heterocycles. The molecule has 4 aromatic rings. The molecule has 160 valence electrons. The number of nitrogens with one attached hydrogen (secondary N) is 1. The number of ether oxygens (including phenoxy) is 1. The van der Waals surface area contributed by atoms with Crippen molar-refractivity contribution in [3.63, 3.8) is 0 Å². The SMILES string of the molecule is CCc1cccc(CC)c1NC(=O)CSc1nnc2cc(C)c3ccc(OC)cc3n12. The maximum absolute atomic E-state index is 12.8. The van der Waals surface area contributed by atoms with Gasteiger partial charge in [0.25, 0.3) is 0 Å². The normalized spacial score (nSPS) is 11.2. The molecule has 2 aromatic heterocycles. The first-order chi connectivity index (χ1) is 15.0. The summed E-state index contributed by atoms with van der Waals surface area (Å²) in [5, 5.41) is 13.6. The van der Waals surface area contributed by atoms with Gasteiger partial charge in [-0.1, -0.05) is 43.8 Å². The largest absolute Gasteiger partial charge is 0.497 e. The number of aromatic nitrogens is 3. The maximum atomic E-state index is 12.8. The van der Waals surface area contributed by atoms with E-state index in [1.54, 1.807) is 7.11 Å². The number of thioether (sulfide) groups is 1. The molecule has 0 atom stereocenters. The molecule has 0 saturated heterocycles. The highest BCUT2D eigenvalue weighted by atomic mass is 32.2. The van der Waals surface area contributed by atoms with Gasteiger partial charge in [0.05, 0.1) is 18.4 Å². The third kappa shape index (κ3) is 4.10. The molecule has 4 rings (SSSR count). The molecule has 7 heteroatoms. The lowest BCUT2D eigenvalue weighted by molar-refractivity contribution is -0.113. The van der Waals surface area contributed by atoms with Crippen LogP contribution in [0.5, 0.6) is 5.75 Å². The first-order valence-corrected chi connectivity index (χ1v) is 11.4. The number of para-hydroxylation sites is 1. The molecule has 0 fully saturated rings. The molecule has 31 heavy (non-hydrogen) atoms. The van der Waals surface area contributed by atoms with Crippen molar-refractivity contribution in [3.8, 4) is 5.75 Å². The van der Waals surface area contributed by atoms with Crippen molar-refractivity contribution in [2.75, 3.05) is 18.2 Å². The molecule has 2 heterocycles. The van der Waals surface area contributed by atoms with Gasteiger partial charge in [0.2, 0.25) is 5.91 Å². The summed E-state index contributed by atoms with van der Waals surface area (Å²) in [6.45, 7) is 6.26. The van der Waals surface area contributed by atoms with Gasteiger partial charge in [-0.2, -0.15) is 0 Å². The number of benzene rings is 2. The lowest BCUT2D eigenvalue weighted by Crippen LogP contribution is -2.17. The molecule has 0 unspecified atom stereocenters. The molecule has 2 aromatic carbocycles. The summed E-state index contributed by atoms with van der Waals surface area (Å²) in [5.41, 5.74) is 6.08. The van der Waals surface area contributed by atoms with Crippen molar-refractivity contribution in [2.24, 2.45) is 0 Å². The standard InChI is InChI=1S/C24H26N4O2S/c1-5-16-8-7-9-17(6-2)23(16)25-22(29)14-31-24-27-26-21-12-15(3)19-11-10-18(30-4)13-20(19)28(21)24/h7-13H,5-6,14H2,1-4H3,(H,25,29). The Balaban J connectivity index is 1.62. The van der Waals surface area contributed by atoms with E-state index in [0.29, 0.717) is 5.16 Å². The molecule has 0 spiro atoms. The van der Waals surface area contributed by atoms with E-state index in [9.17, 15) is 4.79 Å². The van der Waals surface area contributed by atoms with Crippen LogP contribution >= 0.6 is 11.8 Å². The number of hydrogen-bond donors (Lipinski definition) is 1. The molecule has 0 aliphatic carbocycles. The van der Waals surface area contributed by atoms with E-state index in [1.807, 2.05) is 34.7 Å². The number of amides is 1. The first kappa shape index (κ1) is 21.2. The van der Waals surface area contributed by atoms with Crippen LogP contribution in [-0.4, -0.2) is 33.4 Å². The summed E-state index contributed by atoms with van der Waals surface area (Å²) < 4.78 is 7.40. The summed E-state index contributed by atoms with van der Waals surface area (Å²) in [4.78, 5) is 12.8. The predicted octanol–water partition coefficient (Wildman–Crippen LogP) is 5.06. The number of pyridine rings is 1. The van der Waals surface area contributed by atoms with Crippen LogP contribution in [0.15, 0.2) is 47.6 Å². The second-order valence-corrected chi connectivity index (χ2v) is 8.32. The van der Waals surface area contributed by atoms with Crippen molar-refractivity contribution in [2.45, 2.75) is 38.8 Å². The molecule has 1 N–H and O–H groups in total. The zero-order chi connectivity index (χ0) is 22.0. The van der Waals surface area contributed by atoms with Gasteiger partial charge in [0, 0.05) is 17.1 Å². The minimum atomic E-state index is -0.0497. The van der Waals surface area contributed by atoms with E-state index in [1.165, 1.54) is 11.8 Å². The Morgan fingerprint density at radius 2 is 1.84 bits per heavy atom. The number of fused-ring (bicyclic) bond motifs is 3. The third-order valence-corrected chi connectivity index (χ3v) is 6.40. The molecule has 0 aliphatic rings. The van der Waals surface area contributed by atoms with E-state index in [0.717, 1.165) is 57.5 Å². The van der Waals surface area contributed by atoms with E-state index >= 15 is 0 Å². The highest BCUT2D eigenvalue weighted by Crippen LogP contribution is 2.29. The third-order valence-electron chi connectivity index (χ3n) is 5.47. The second-order valence-electron chi connectivity index (χ2n) is 7.38. The quantitative estimate of drug-likeness (QED) is 0.412. The lowest BCUT2D eigenvalue weighted by atomic mass is 10.0. The van der Waals surface area contributed by atoms with Gasteiger partial charge in [0.1, 0.15) is 5.75 Å². The Morgan fingerprint density at radius 3 is 2.52 bits per heavy atom. The molecule has 0 bridgehead atoms. The lowest BCUT2D eigenvalue weighted by Gasteiger charge is -2.14. The number of hydrogen-bond acceptors (Lipinski definition) is 5. The van der Waals surface area contributed by atoms with Crippen LogP contribution in [0.4, 0.5) is 5.69 Å². The fourth-order valence-electron chi connectivity index (χ4n) is 3.83. The Morgan fingerprint density at radius 1 is 1.10 bits per heavy atom. The average molecular weight is 435 g/mol. The second kappa shape index (κ2) is 8.98. The van der Waals surface area contributed by atoms with Crippen molar-refractivity contribution >= 4 is 39.9 Å². The van der Waals surface area contributed by atoms with Crippen LogP contribution < -0.4 is 10.1 Å². The number of aryl methyl sites for hydroxylation is 3. The minimum absolute atomic E-state index is 0.0497. The van der Waals surface area contributed by atoms with Gasteiger partial charge in [-0.25, -0.2) is 0 Å². The number of anilines is 1. The van der Waals surface area contributed by atoms with Crippen LogP contribution in [0.2, 0.25) is 0 Å². The smallest absolute Gasteiger partial charge is 0.234 e. The van der Waals surface area contributed by atoms with Gasteiger partial charge in [-0.05, 0) is 54.7 Å². The van der Waals surface area contributed by atoms with Crippen LogP contribution in [0.3, 0.4) is 0 Å². The Bertz CT molecular complexity index is 1240. The van der Waals surface area contributed by atoms with Crippen LogP contribution in [-0.2, 0) is 17.6 Å². The Labute approximate surface area is 186 Å². The molecular weight excluding hydrogens is 408 g/mol. The van der Waals surface area contributed by atoms with E-state index in [-0.39, 0.29) is 11.7 Å². The van der Waals surface area contributed by atoms with Gasteiger partial charge < -0.3 is 10.1 Å². The van der Waals surface area contributed by atoms with Crippen LogP contribution in [0, 0.1) is 6.92 Å². The van der Waals surface area contributed by atoms with Gasteiger partial charge >= 0.3 is 0 Å².